The van der Waals surface area contributed by atoms with E-state index < -0.39 is 0 Å². The molecule has 8 heteroatoms. The van der Waals surface area contributed by atoms with E-state index in [1.807, 2.05) is 55.3 Å². The van der Waals surface area contributed by atoms with Gasteiger partial charge in [-0.05, 0) is 44.0 Å². The third-order valence-corrected chi connectivity index (χ3v) is 6.07. The first-order valence-corrected chi connectivity index (χ1v) is 11.1. The maximum absolute atomic E-state index is 13.6. The zero-order chi connectivity index (χ0) is 23.4. The van der Waals surface area contributed by atoms with Crippen LogP contribution >= 0.6 is 0 Å². The summed E-state index contributed by atoms with van der Waals surface area (Å²) in [5, 5.41) is 6.38. The molecule has 1 aliphatic heterocycles. The summed E-state index contributed by atoms with van der Waals surface area (Å²) in [6, 6.07) is 13.2. The van der Waals surface area contributed by atoms with Gasteiger partial charge in [-0.1, -0.05) is 13.0 Å². The van der Waals surface area contributed by atoms with E-state index in [9.17, 15) is 4.79 Å². The summed E-state index contributed by atoms with van der Waals surface area (Å²) in [4.78, 5) is 29.1. The molecule has 2 N–H and O–H groups in total. The van der Waals surface area contributed by atoms with Crippen molar-refractivity contribution in [2.75, 3.05) is 37.9 Å². The van der Waals surface area contributed by atoms with Gasteiger partial charge in [0.25, 0.3) is 5.91 Å². The van der Waals surface area contributed by atoms with Crippen LogP contribution < -0.4 is 15.4 Å². The lowest BCUT2D eigenvalue weighted by Crippen LogP contribution is -2.47. The van der Waals surface area contributed by atoms with Crippen LogP contribution in [0.4, 0.5) is 17.3 Å². The largest absolute Gasteiger partial charge is 0.497 e. The Hall–Kier alpha value is -3.68. The second-order valence-electron chi connectivity index (χ2n) is 8.58. The number of hydrogen-bond donors (Lipinski definition) is 2. The fraction of sp³-hybridized carbons (Fsp3) is 0.360. The first-order chi connectivity index (χ1) is 15.9. The van der Waals surface area contributed by atoms with Crippen LogP contribution in [0.25, 0.3) is 0 Å². The molecule has 1 aliphatic rings. The lowest BCUT2D eigenvalue weighted by atomic mass is 9.78. The van der Waals surface area contributed by atoms with Gasteiger partial charge in [-0.15, -0.1) is 0 Å². The number of carbonyl (C=O) groups is 1. The van der Waals surface area contributed by atoms with Crippen LogP contribution in [0.2, 0.25) is 0 Å². The number of nitrogens with one attached hydrogen (secondary N) is 2. The van der Waals surface area contributed by atoms with Crippen molar-refractivity contribution >= 4 is 23.2 Å². The first-order valence-electron chi connectivity index (χ1n) is 11.1. The van der Waals surface area contributed by atoms with E-state index in [4.69, 9.17) is 9.72 Å². The van der Waals surface area contributed by atoms with Crippen molar-refractivity contribution in [3.63, 3.8) is 0 Å². The molecule has 0 saturated carbocycles. The number of methoxy groups -OCH3 is 1. The molecule has 172 valence electrons. The van der Waals surface area contributed by atoms with E-state index in [-0.39, 0.29) is 11.3 Å². The van der Waals surface area contributed by atoms with Crippen molar-refractivity contribution in [1.29, 1.82) is 0 Å². The predicted molar refractivity (Wildman–Crippen MR) is 129 cm³/mol. The SMILES string of the molecule is CNc1cc([C@]2(C)CCCN(C(=O)c3cccnc3Nc3cccc(OC)c3)C2)nc(C)n1. The quantitative estimate of drug-likeness (QED) is 0.587. The average Bonchev–Trinajstić information content (AvgIpc) is 2.83. The molecule has 0 spiro atoms. The van der Waals surface area contributed by atoms with E-state index in [2.05, 4.69) is 27.5 Å². The van der Waals surface area contributed by atoms with Gasteiger partial charge < -0.3 is 20.3 Å². The third-order valence-electron chi connectivity index (χ3n) is 6.07. The zero-order valence-electron chi connectivity index (χ0n) is 19.6. The summed E-state index contributed by atoms with van der Waals surface area (Å²) >= 11 is 0. The molecule has 3 aromatic rings. The molecule has 3 heterocycles. The Morgan fingerprint density at radius 3 is 2.82 bits per heavy atom. The number of aryl methyl sites for hydroxylation is 1. The molecule has 33 heavy (non-hydrogen) atoms. The number of rotatable bonds is 6. The van der Waals surface area contributed by atoms with Crippen LogP contribution in [0, 0.1) is 6.92 Å². The number of carbonyl (C=O) groups excluding carboxylic acids is 1. The molecule has 2 aromatic heterocycles. The first kappa shape index (κ1) is 22.5. The Kier molecular flexibility index (Phi) is 6.44. The summed E-state index contributed by atoms with van der Waals surface area (Å²) in [6.45, 7) is 5.35. The van der Waals surface area contributed by atoms with Crippen molar-refractivity contribution in [2.45, 2.75) is 32.1 Å². The molecule has 1 aromatic carbocycles. The highest BCUT2D eigenvalue weighted by molar-refractivity contribution is 5.99. The van der Waals surface area contributed by atoms with Gasteiger partial charge in [-0.2, -0.15) is 0 Å². The van der Waals surface area contributed by atoms with Crippen LogP contribution in [-0.4, -0.2) is 53.0 Å². The number of nitrogens with zero attached hydrogens (tertiary/aromatic N) is 4. The number of likely N-dealkylation sites (tertiary alicyclic amines) is 1. The standard InChI is InChI=1S/C25H30N6O2/c1-17-28-21(15-22(26-3)29-17)25(2)11-7-13-31(16-25)24(32)20-10-6-12-27-23(20)30-18-8-5-9-19(14-18)33-4/h5-6,8-10,12,14-15H,7,11,13,16H2,1-4H3,(H,27,30)(H,26,28,29)/t25-/m1/s1. The highest BCUT2D eigenvalue weighted by Crippen LogP contribution is 2.34. The van der Waals surface area contributed by atoms with Gasteiger partial charge in [-0.25, -0.2) is 15.0 Å². The van der Waals surface area contributed by atoms with Gasteiger partial charge in [0.2, 0.25) is 0 Å². The maximum Gasteiger partial charge on any atom is 0.257 e. The molecule has 0 aliphatic carbocycles. The van der Waals surface area contributed by atoms with Crippen molar-refractivity contribution in [3.05, 3.63) is 65.7 Å². The van der Waals surface area contributed by atoms with Crippen LogP contribution in [0.1, 0.15) is 41.6 Å². The molecule has 0 bridgehead atoms. The number of anilines is 3. The monoisotopic (exact) mass is 446 g/mol. The fourth-order valence-electron chi connectivity index (χ4n) is 4.31. The average molecular weight is 447 g/mol. The van der Waals surface area contributed by atoms with E-state index in [1.165, 1.54) is 0 Å². The molecule has 0 radical (unpaired) electrons. The number of ether oxygens (including phenoxy) is 1. The van der Waals surface area contributed by atoms with Crippen molar-refractivity contribution in [1.82, 2.24) is 19.9 Å². The van der Waals surface area contributed by atoms with Gasteiger partial charge in [0, 0.05) is 49.6 Å². The Balaban J connectivity index is 1.59. The molecule has 1 amide bonds. The lowest BCUT2D eigenvalue weighted by Gasteiger charge is -2.40. The van der Waals surface area contributed by atoms with Gasteiger partial charge >= 0.3 is 0 Å². The van der Waals surface area contributed by atoms with Crippen LogP contribution in [0.5, 0.6) is 5.75 Å². The number of aromatic nitrogens is 3. The second-order valence-corrected chi connectivity index (χ2v) is 8.58. The molecule has 1 saturated heterocycles. The van der Waals surface area contributed by atoms with Crippen LogP contribution in [0.15, 0.2) is 48.7 Å². The van der Waals surface area contributed by atoms with E-state index in [0.29, 0.717) is 24.5 Å². The van der Waals surface area contributed by atoms with Crippen molar-refractivity contribution < 1.29 is 9.53 Å². The van der Waals surface area contributed by atoms with E-state index in [1.54, 1.807) is 19.4 Å². The highest BCUT2D eigenvalue weighted by atomic mass is 16.5. The molecule has 1 atom stereocenters. The summed E-state index contributed by atoms with van der Waals surface area (Å²) in [5.41, 5.74) is 2.05. The summed E-state index contributed by atoms with van der Waals surface area (Å²) < 4.78 is 5.30. The van der Waals surface area contributed by atoms with E-state index in [0.717, 1.165) is 41.6 Å². The lowest BCUT2D eigenvalue weighted by molar-refractivity contribution is 0.0648. The molecular formula is C25H30N6O2. The molecule has 8 nitrogen and oxygen atoms in total. The maximum atomic E-state index is 13.6. The third kappa shape index (κ3) is 4.89. The summed E-state index contributed by atoms with van der Waals surface area (Å²) in [5.74, 6) is 2.73. The Labute approximate surface area is 194 Å². The number of piperidine rings is 1. The summed E-state index contributed by atoms with van der Waals surface area (Å²) in [7, 11) is 3.48. The van der Waals surface area contributed by atoms with Crippen molar-refractivity contribution in [2.24, 2.45) is 0 Å². The van der Waals surface area contributed by atoms with Gasteiger partial charge in [0.1, 0.15) is 23.2 Å². The Bertz CT molecular complexity index is 1150. The van der Waals surface area contributed by atoms with Crippen molar-refractivity contribution in [3.8, 4) is 5.75 Å². The molecule has 1 fully saturated rings. The number of pyridine rings is 1. The predicted octanol–water partition coefficient (Wildman–Crippen LogP) is 4.17. The minimum atomic E-state index is -0.254. The fourth-order valence-corrected chi connectivity index (χ4v) is 4.31. The minimum Gasteiger partial charge on any atom is -0.497 e. The van der Waals surface area contributed by atoms with Crippen LogP contribution in [0.3, 0.4) is 0 Å². The number of benzene rings is 1. The van der Waals surface area contributed by atoms with Crippen LogP contribution in [-0.2, 0) is 5.41 Å². The van der Waals surface area contributed by atoms with Gasteiger partial charge in [-0.3, -0.25) is 4.79 Å². The Morgan fingerprint density at radius 2 is 2.03 bits per heavy atom. The molecule has 4 rings (SSSR count). The molecular weight excluding hydrogens is 416 g/mol. The zero-order valence-corrected chi connectivity index (χ0v) is 19.6. The Morgan fingerprint density at radius 1 is 1.18 bits per heavy atom. The second kappa shape index (κ2) is 9.44. The van der Waals surface area contributed by atoms with E-state index >= 15 is 0 Å². The topological polar surface area (TPSA) is 92.3 Å². The minimum absolute atomic E-state index is 0.0426. The number of amides is 1. The summed E-state index contributed by atoms with van der Waals surface area (Å²) in [6.07, 6.45) is 3.54. The number of hydrogen-bond acceptors (Lipinski definition) is 7. The highest BCUT2D eigenvalue weighted by Gasteiger charge is 2.37. The van der Waals surface area contributed by atoms with Gasteiger partial charge in [0.15, 0.2) is 0 Å². The molecule has 0 unspecified atom stereocenters. The van der Waals surface area contributed by atoms with Gasteiger partial charge in [0.05, 0.1) is 18.4 Å². The smallest absolute Gasteiger partial charge is 0.257 e. The normalized spacial score (nSPS) is 18.0.